The predicted octanol–water partition coefficient (Wildman–Crippen LogP) is 3.84. The summed E-state index contributed by atoms with van der Waals surface area (Å²) in [4.78, 5) is 6.97. The molecule has 2 aromatic rings. The van der Waals surface area contributed by atoms with Crippen LogP contribution in [0, 0.1) is 0 Å². The van der Waals surface area contributed by atoms with E-state index in [0.717, 1.165) is 48.6 Å². The van der Waals surface area contributed by atoms with Gasteiger partial charge >= 0.3 is 0 Å². The Morgan fingerprint density at radius 2 is 2.05 bits per heavy atom. The predicted molar refractivity (Wildman–Crippen MR) is 85.7 cm³/mol. The summed E-state index contributed by atoms with van der Waals surface area (Å²) in [6.07, 6.45) is 0. The van der Waals surface area contributed by atoms with E-state index in [1.54, 1.807) is 0 Å². The van der Waals surface area contributed by atoms with E-state index in [9.17, 15) is 0 Å². The van der Waals surface area contributed by atoms with E-state index in [2.05, 4.69) is 24.0 Å². The number of alkyl halides is 1. The van der Waals surface area contributed by atoms with Crippen molar-refractivity contribution < 1.29 is 4.74 Å². The van der Waals surface area contributed by atoms with Gasteiger partial charge in [0.25, 0.3) is 0 Å². The molecule has 4 heteroatoms. The number of nitrogens with zero attached hydrogens (tertiary/aromatic N) is 2. The fourth-order valence-electron chi connectivity index (χ4n) is 2.26. The van der Waals surface area contributed by atoms with Crippen LogP contribution in [0.5, 0.6) is 0 Å². The summed E-state index contributed by atoms with van der Waals surface area (Å²) in [6.45, 7) is 7.35. The van der Waals surface area contributed by atoms with Crippen LogP contribution in [-0.4, -0.2) is 31.3 Å². The minimum absolute atomic E-state index is 0.499. The summed E-state index contributed by atoms with van der Waals surface area (Å²) in [6, 6.07) is 10.2. The fourth-order valence-corrected chi connectivity index (χ4v) is 2.48. The van der Waals surface area contributed by atoms with E-state index in [-0.39, 0.29) is 0 Å². The molecule has 0 saturated carbocycles. The Balaban J connectivity index is 2.32. The number of pyridine rings is 1. The number of ether oxygens (including phenoxy) is 1. The zero-order valence-corrected chi connectivity index (χ0v) is 12.9. The van der Waals surface area contributed by atoms with Crippen molar-refractivity contribution in [3.05, 3.63) is 35.9 Å². The smallest absolute Gasteiger partial charge is 0.129 e. The van der Waals surface area contributed by atoms with Crippen LogP contribution < -0.4 is 4.90 Å². The van der Waals surface area contributed by atoms with Crippen LogP contribution >= 0.6 is 11.6 Å². The Morgan fingerprint density at radius 3 is 2.75 bits per heavy atom. The molecule has 1 heterocycles. The van der Waals surface area contributed by atoms with Gasteiger partial charge in [-0.3, -0.25) is 0 Å². The number of hydrogen-bond donors (Lipinski definition) is 0. The first-order chi connectivity index (χ1) is 9.80. The summed E-state index contributed by atoms with van der Waals surface area (Å²) in [7, 11) is 0. The van der Waals surface area contributed by atoms with E-state index in [0.29, 0.717) is 5.88 Å². The number of halogens is 1. The van der Waals surface area contributed by atoms with Gasteiger partial charge < -0.3 is 9.64 Å². The van der Waals surface area contributed by atoms with Crippen LogP contribution in [0.4, 0.5) is 5.82 Å². The lowest BCUT2D eigenvalue weighted by Gasteiger charge is -2.23. The number of hydrogen-bond acceptors (Lipinski definition) is 3. The molecule has 1 aromatic heterocycles. The van der Waals surface area contributed by atoms with E-state index in [4.69, 9.17) is 21.3 Å². The Labute approximate surface area is 125 Å². The van der Waals surface area contributed by atoms with Crippen molar-refractivity contribution in [3.8, 4) is 0 Å². The molecule has 0 aliphatic heterocycles. The van der Waals surface area contributed by atoms with Crippen molar-refractivity contribution in [1.82, 2.24) is 4.98 Å². The van der Waals surface area contributed by atoms with Crippen LogP contribution in [0.25, 0.3) is 10.9 Å². The minimum atomic E-state index is 0.499. The van der Waals surface area contributed by atoms with Gasteiger partial charge in [0.15, 0.2) is 0 Å². The third kappa shape index (κ3) is 3.41. The van der Waals surface area contributed by atoms with E-state index in [1.165, 1.54) is 0 Å². The molecule has 0 aliphatic rings. The number of benzene rings is 1. The van der Waals surface area contributed by atoms with Crippen molar-refractivity contribution in [2.24, 2.45) is 0 Å². The number of likely N-dealkylation sites (N-methyl/N-ethyl adjacent to an activating group) is 1. The standard InChI is InChI=1S/C16H21ClN2O/c1-3-19(9-10-20-4-2)16-11-13(12-17)14-7-5-6-8-15(14)18-16/h5-8,11H,3-4,9-10,12H2,1-2H3. The topological polar surface area (TPSA) is 25.4 Å². The lowest BCUT2D eigenvalue weighted by atomic mass is 10.1. The second-order valence-electron chi connectivity index (χ2n) is 4.57. The molecular weight excluding hydrogens is 272 g/mol. The van der Waals surface area contributed by atoms with Crippen LogP contribution in [0.3, 0.4) is 0 Å². The highest BCUT2D eigenvalue weighted by Gasteiger charge is 2.10. The molecule has 108 valence electrons. The molecule has 0 N–H and O–H groups in total. The van der Waals surface area contributed by atoms with Gasteiger partial charge in [0.2, 0.25) is 0 Å². The molecule has 0 bridgehead atoms. The van der Waals surface area contributed by atoms with Crippen molar-refractivity contribution >= 4 is 28.3 Å². The highest BCUT2D eigenvalue weighted by Crippen LogP contribution is 2.24. The Bertz CT molecular complexity index is 559. The lowest BCUT2D eigenvalue weighted by molar-refractivity contribution is 0.154. The van der Waals surface area contributed by atoms with Gasteiger partial charge in [-0.05, 0) is 31.5 Å². The van der Waals surface area contributed by atoms with Crippen LogP contribution in [0.1, 0.15) is 19.4 Å². The summed E-state index contributed by atoms with van der Waals surface area (Å²) in [5.74, 6) is 1.47. The summed E-state index contributed by atoms with van der Waals surface area (Å²) in [5.41, 5.74) is 2.12. The maximum atomic E-state index is 6.08. The van der Waals surface area contributed by atoms with Crippen molar-refractivity contribution in [2.45, 2.75) is 19.7 Å². The monoisotopic (exact) mass is 292 g/mol. The van der Waals surface area contributed by atoms with Crippen LogP contribution in [0.15, 0.2) is 30.3 Å². The number of rotatable bonds is 7. The van der Waals surface area contributed by atoms with E-state index >= 15 is 0 Å². The molecule has 3 nitrogen and oxygen atoms in total. The molecule has 2 rings (SSSR count). The van der Waals surface area contributed by atoms with Gasteiger partial charge in [0.05, 0.1) is 12.1 Å². The number of para-hydroxylation sites is 1. The van der Waals surface area contributed by atoms with Gasteiger partial charge in [-0.15, -0.1) is 11.6 Å². The molecule has 0 aliphatic carbocycles. The quantitative estimate of drug-likeness (QED) is 0.573. The van der Waals surface area contributed by atoms with Gasteiger partial charge in [0.1, 0.15) is 5.82 Å². The maximum absolute atomic E-state index is 6.08. The van der Waals surface area contributed by atoms with E-state index in [1.807, 2.05) is 25.1 Å². The van der Waals surface area contributed by atoms with Crippen LogP contribution in [-0.2, 0) is 10.6 Å². The third-order valence-electron chi connectivity index (χ3n) is 3.35. The first kappa shape index (κ1) is 15.1. The summed E-state index contributed by atoms with van der Waals surface area (Å²) < 4.78 is 5.44. The third-order valence-corrected chi connectivity index (χ3v) is 3.64. The molecular formula is C16H21ClN2O. The maximum Gasteiger partial charge on any atom is 0.129 e. The van der Waals surface area contributed by atoms with Crippen LogP contribution in [0.2, 0.25) is 0 Å². The second-order valence-corrected chi connectivity index (χ2v) is 4.83. The Kier molecular flexibility index (Phi) is 5.62. The zero-order valence-electron chi connectivity index (χ0n) is 12.1. The normalized spacial score (nSPS) is 10.9. The first-order valence-electron chi connectivity index (χ1n) is 7.07. The zero-order chi connectivity index (χ0) is 14.4. The average Bonchev–Trinajstić information content (AvgIpc) is 2.50. The molecule has 0 spiro atoms. The summed E-state index contributed by atoms with van der Waals surface area (Å²) >= 11 is 6.08. The van der Waals surface area contributed by atoms with Gasteiger partial charge in [-0.25, -0.2) is 4.98 Å². The Morgan fingerprint density at radius 1 is 1.25 bits per heavy atom. The molecule has 20 heavy (non-hydrogen) atoms. The minimum Gasteiger partial charge on any atom is -0.380 e. The Hall–Kier alpha value is -1.32. The van der Waals surface area contributed by atoms with Gasteiger partial charge in [0, 0.05) is 31.0 Å². The van der Waals surface area contributed by atoms with Gasteiger partial charge in [-0.1, -0.05) is 18.2 Å². The molecule has 0 amide bonds. The number of anilines is 1. The molecule has 0 saturated heterocycles. The molecule has 0 unspecified atom stereocenters. The molecule has 0 atom stereocenters. The average molecular weight is 293 g/mol. The SMILES string of the molecule is CCOCCN(CC)c1cc(CCl)c2ccccc2n1. The first-order valence-corrected chi connectivity index (χ1v) is 7.60. The molecule has 1 aromatic carbocycles. The number of aromatic nitrogens is 1. The van der Waals surface area contributed by atoms with E-state index < -0.39 is 0 Å². The number of fused-ring (bicyclic) bond motifs is 1. The summed E-state index contributed by atoms with van der Waals surface area (Å²) in [5, 5.41) is 1.13. The fraction of sp³-hybridized carbons (Fsp3) is 0.438. The lowest BCUT2D eigenvalue weighted by Crippen LogP contribution is -2.28. The highest BCUT2D eigenvalue weighted by molar-refractivity contribution is 6.18. The highest BCUT2D eigenvalue weighted by atomic mass is 35.5. The molecule has 0 radical (unpaired) electrons. The molecule has 0 fully saturated rings. The van der Waals surface area contributed by atoms with Gasteiger partial charge in [-0.2, -0.15) is 0 Å². The van der Waals surface area contributed by atoms with Crippen molar-refractivity contribution in [2.75, 3.05) is 31.2 Å². The second kappa shape index (κ2) is 7.46. The van der Waals surface area contributed by atoms with Crippen molar-refractivity contribution in [1.29, 1.82) is 0 Å². The largest absolute Gasteiger partial charge is 0.380 e. The van der Waals surface area contributed by atoms with Crippen molar-refractivity contribution in [3.63, 3.8) is 0 Å².